The molecule has 0 bridgehead atoms. The molecule has 30 heavy (non-hydrogen) atoms. The Balaban J connectivity index is 1.61. The van der Waals surface area contributed by atoms with Gasteiger partial charge in [0.05, 0.1) is 17.4 Å². The Hall–Kier alpha value is -4.00. The Morgan fingerprint density at radius 3 is 2.33 bits per heavy atom. The molecule has 2 heterocycles. The van der Waals surface area contributed by atoms with E-state index in [0.717, 1.165) is 5.56 Å². The Labute approximate surface area is 174 Å². The number of aliphatic imine (C=N–C) groups is 1. The number of benzene rings is 2. The smallest absolute Gasteiger partial charge is 0.288 e. The van der Waals surface area contributed by atoms with Crippen LogP contribution in [0.3, 0.4) is 0 Å². The summed E-state index contributed by atoms with van der Waals surface area (Å²) in [5.41, 5.74) is 5.10. The largest absolute Gasteiger partial charge is 0.337 e. The second-order valence-electron chi connectivity index (χ2n) is 6.85. The number of aromatic nitrogens is 1. The molecule has 1 aromatic heterocycles. The molecule has 7 nitrogen and oxygen atoms in total. The second-order valence-corrected chi connectivity index (χ2v) is 6.85. The molecule has 0 unspecified atom stereocenters. The number of hydrogen-bond acceptors (Lipinski definition) is 5. The third kappa shape index (κ3) is 4.05. The van der Waals surface area contributed by atoms with Crippen LogP contribution in [0.5, 0.6) is 0 Å². The standard InChI is InChI=1S/C23H21N5O2/c1-16-23(30)28(18-12-6-3-7-13-18)27-21(25-16)22(29)26-20(17-10-4-2-5-11-17)19-14-8-9-15-24-19/h2-16,20H,1H3,(H,25,27)(H,26,29)/t16-,20+/m1/s1. The van der Waals surface area contributed by atoms with Gasteiger partial charge < -0.3 is 5.32 Å². The monoisotopic (exact) mass is 399 g/mol. The molecule has 7 heteroatoms. The van der Waals surface area contributed by atoms with Crippen molar-refractivity contribution in [3.63, 3.8) is 0 Å². The zero-order chi connectivity index (χ0) is 20.9. The van der Waals surface area contributed by atoms with Crippen molar-refractivity contribution >= 4 is 23.3 Å². The molecule has 2 atom stereocenters. The van der Waals surface area contributed by atoms with Crippen molar-refractivity contribution in [2.24, 2.45) is 4.99 Å². The molecule has 1 aliphatic heterocycles. The van der Waals surface area contributed by atoms with Crippen LogP contribution in [0.4, 0.5) is 5.69 Å². The fourth-order valence-electron chi connectivity index (χ4n) is 3.22. The van der Waals surface area contributed by atoms with E-state index in [1.807, 2.05) is 66.7 Å². The number of carbonyl (C=O) groups excluding carboxylic acids is 2. The molecule has 0 saturated heterocycles. The number of para-hydroxylation sites is 1. The van der Waals surface area contributed by atoms with Crippen LogP contribution in [0, 0.1) is 0 Å². The number of carbonyl (C=O) groups is 2. The number of nitrogens with zero attached hydrogens (tertiary/aromatic N) is 3. The van der Waals surface area contributed by atoms with Crippen LogP contribution >= 0.6 is 0 Å². The van der Waals surface area contributed by atoms with Crippen molar-refractivity contribution < 1.29 is 9.59 Å². The number of anilines is 1. The predicted octanol–water partition coefficient (Wildman–Crippen LogP) is 2.63. The molecule has 2 aromatic carbocycles. The lowest BCUT2D eigenvalue weighted by Gasteiger charge is -2.31. The van der Waals surface area contributed by atoms with Gasteiger partial charge >= 0.3 is 0 Å². The van der Waals surface area contributed by atoms with Crippen LogP contribution in [0.2, 0.25) is 0 Å². The molecule has 1 aliphatic rings. The van der Waals surface area contributed by atoms with Gasteiger partial charge in [-0.15, -0.1) is 0 Å². The van der Waals surface area contributed by atoms with Crippen LogP contribution < -0.4 is 15.8 Å². The summed E-state index contributed by atoms with van der Waals surface area (Å²) >= 11 is 0. The molecule has 3 aromatic rings. The van der Waals surface area contributed by atoms with Gasteiger partial charge in [0, 0.05) is 6.20 Å². The topological polar surface area (TPSA) is 86.7 Å². The number of hydrogen-bond donors (Lipinski definition) is 2. The Kier molecular flexibility index (Phi) is 5.52. The number of rotatable bonds is 5. The van der Waals surface area contributed by atoms with E-state index in [4.69, 9.17) is 0 Å². The van der Waals surface area contributed by atoms with Crippen molar-refractivity contribution in [2.45, 2.75) is 19.0 Å². The van der Waals surface area contributed by atoms with Crippen molar-refractivity contribution in [1.82, 2.24) is 15.7 Å². The maximum absolute atomic E-state index is 13.1. The summed E-state index contributed by atoms with van der Waals surface area (Å²) in [4.78, 5) is 34.4. The minimum absolute atomic E-state index is 0.0721. The Morgan fingerprint density at radius 1 is 1.00 bits per heavy atom. The minimum Gasteiger partial charge on any atom is -0.337 e. The highest BCUT2D eigenvalue weighted by molar-refractivity contribution is 6.39. The molecule has 0 aliphatic carbocycles. The van der Waals surface area contributed by atoms with Gasteiger partial charge in [0.2, 0.25) is 5.84 Å². The van der Waals surface area contributed by atoms with Crippen LogP contribution in [-0.2, 0) is 9.59 Å². The Bertz CT molecular complexity index is 1020. The second kappa shape index (κ2) is 8.57. The van der Waals surface area contributed by atoms with Gasteiger partial charge in [-0.25, -0.2) is 10.0 Å². The van der Waals surface area contributed by atoms with E-state index in [1.165, 1.54) is 5.01 Å². The van der Waals surface area contributed by atoms with E-state index in [2.05, 4.69) is 20.7 Å². The predicted molar refractivity (Wildman–Crippen MR) is 115 cm³/mol. The van der Waals surface area contributed by atoms with Crippen LogP contribution in [0.15, 0.2) is 90.1 Å². The average Bonchev–Trinajstić information content (AvgIpc) is 2.80. The molecule has 150 valence electrons. The normalized spacial score (nSPS) is 17.0. The summed E-state index contributed by atoms with van der Waals surface area (Å²) in [6.45, 7) is 1.67. The lowest BCUT2D eigenvalue weighted by molar-refractivity contribution is -0.120. The van der Waals surface area contributed by atoms with Crippen molar-refractivity contribution in [3.8, 4) is 0 Å². The molecule has 0 saturated carbocycles. The third-order valence-corrected chi connectivity index (χ3v) is 4.74. The van der Waals surface area contributed by atoms with E-state index >= 15 is 0 Å². The molecule has 0 radical (unpaired) electrons. The number of amides is 2. The lowest BCUT2D eigenvalue weighted by Crippen LogP contribution is -2.58. The van der Waals surface area contributed by atoms with E-state index in [-0.39, 0.29) is 11.7 Å². The first-order valence-corrected chi connectivity index (χ1v) is 9.63. The van der Waals surface area contributed by atoms with Gasteiger partial charge in [0.25, 0.3) is 11.8 Å². The molecule has 0 spiro atoms. The highest BCUT2D eigenvalue weighted by atomic mass is 16.2. The third-order valence-electron chi connectivity index (χ3n) is 4.74. The van der Waals surface area contributed by atoms with E-state index < -0.39 is 18.0 Å². The van der Waals surface area contributed by atoms with Gasteiger partial charge in [-0.2, -0.15) is 0 Å². The number of pyridine rings is 1. The quantitative estimate of drug-likeness (QED) is 0.691. The molecule has 2 N–H and O–H groups in total. The van der Waals surface area contributed by atoms with Gasteiger partial charge in [0.15, 0.2) is 0 Å². The van der Waals surface area contributed by atoms with E-state index in [1.54, 1.807) is 25.3 Å². The highest BCUT2D eigenvalue weighted by Crippen LogP contribution is 2.21. The average molecular weight is 399 g/mol. The number of nitrogens with one attached hydrogen (secondary N) is 2. The van der Waals surface area contributed by atoms with Crippen LogP contribution in [-0.4, -0.2) is 28.7 Å². The molecule has 2 amide bonds. The highest BCUT2D eigenvalue weighted by Gasteiger charge is 2.31. The van der Waals surface area contributed by atoms with Crippen molar-refractivity contribution in [2.75, 3.05) is 5.01 Å². The van der Waals surface area contributed by atoms with Gasteiger partial charge in [-0.3, -0.25) is 20.0 Å². The number of amidine groups is 1. The van der Waals surface area contributed by atoms with Gasteiger partial charge in [0.1, 0.15) is 6.04 Å². The van der Waals surface area contributed by atoms with E-state index in [9.17, 15) is 9.59 Å². The first-order chi connectivity index (χ1) is 14.6. The van der Waals surface area contributed by atoms with Gasteiger partial charge in [-0.1, -0.05) is 54.6 Å². The maximum Gasteiger partial charge on any atom is 0.288 e. The summed E-state index contributed by atoms with van der Waals surface area (Å²) in [7, 11) is 0. The summed E-state index contributed by atoms with van der Waals surface area (Å²) in [5.74, 6) is -0.584. The van der Waals surface area contributed by atoms with Crippen LogP contribution in [0.25, 0.3) is 0 Å². The van der Waals surface area contributed by atoms with Crippen molar-refractivity contribution in [3.05, 3.63) is 96.3 Å². The summed E-state index contributed by atoms with van der Waals surface area (Å²) in [6, 6.07) is 23.1. The summed E-state index contributed by atoms with van der Waals surface area (Å²) < 4.78 is 0. The zero-order valence-electron chi connectivity index (χ0n) is 16.4. The first-order valence-electron chi connectivity index (χ1n) is 9.63. The maximum atomic E-state index is 13.1. The molecule has 0 fully saturated rings. The van der Waals surface area contributed by atoms with Crippen LogP contribution in [0.1, 0.15) is 24.2 Å². The van der Waals surface area contributed by atoms with E-state index in [0.29, 0.717) is 11.4 Å². The fraction of sp³-hybridized carbons (Fsp3) is 0.130. The molecular formula is C23H21N5O2. The number of hydrazine groups is 1. The van der Waals surface area contributed by atoms with Crippen molar-refractivity contribution in [1.29, 1.82) is 0 Å². The summed E-state index contributed by atoms with van der Waals surface area (Å²) in [5, 5.41) is 4.35. The Morgan fingerprint density at radius 2 is 1.67 bits per heavy atom. The zero-order valence-corrected chi connectivity index (χ0v) is 16.4. The SMILES string of the molecule is C[C@H]1N=C(C(=O)N[C@@H](c2ccccc2)c2ccccn2)NN(c2ccccc2)C1=O. The minimum atomic E-state index is -0.683. The lowest BCUT2D eigenvalue weighted by atomic mass is 10.0. The summed E-state index contributed by atoms with van der Waals surface area (Å²) in [6.07, 6.45) is 1.69. The van der Waals surface area contributed by atoms with Gasteiger partial charge in [-0.05, 0) is 36.8 Å². The molecule has 4 rings (SSSR count). The fourth-order valence-corrected chi connectivity index (χ4v) is 3.22. The first kappa shape index (κ1) is 19.3. The molecular weight excluding hydrogens is 378 g/mol.